The van der Waals surface area contributed by atoms with E-state index in [0.717, 1.165) is 5.01 Å². The second-order valence-corrected chi connectivity index (χ2v) is 7.49. The van der Waals surface area contributed by atoms with Crippen molar-refractivity contribution in [2.45, 2.75) is 19.8 Å². The van der Waals surface area contributed by atoms with Crippen LogP contribution < -0.4 is 19.5 Å². The fraction of sp³-hybridized carbons (Fsp3) is 0.261. The van der Waals surface area contributed by atoms with E-state index in [1.165, 1.54) is 0 Å². The molecule has 11 nitrogen and oxygen atoms in total. The molecule has 34 heavy (non-hydrogen) atoms. The Kier molecular flexibility index (Phi) is 5.81. The first kappa shape index (κ1) is 21.4. The number of aromatic nitrogens is 2. The molecule has 2 aliphatic rings. The molecule has 0 radical (unpaired) electrons. The molecule has 2 amide bonds. The average molecular weight is 463 g/mol. The third kappa shape index (κ3) is 4.53. The van der Waals surface area contributed by atoms with E-state index in [2.05, 4.69) is 20.6 Å². The largest absolute Gasteiger partial charge is 0.494 e. The number of hydrogen-bond donors (Lipinski definition) is 1. The van der Waals surface area contributed by atoms with Crippen LogP contribution in [0.5, 0.6) is 17.2 Å². The number of rotatable bonds is 7. The minimum absolute atomic E-state index is 0.170. The lowest BCUT2D eigenvalue weighted by atomic mass is 10.1. The number of amides is 2. The molecular weight excluding hydrogens is 442 g/mol. The molecule has 174 valence electrons. The van der Waals surface area contributed by atoms with Gasteiger partial charge in [-0.25, -0.2) is 5.01 Å². The summed E-state index contributed by atoms with van der Waals surface area (Å²) >= 11 is 0. The first-order valence-electron chi connectivity index (χ1n) is 10.7. The highest BCUT2D eigenvalue weighted by Crippen LogP contribution is 2.35. The van der Waals surface area contributed by atoms with E-state index in [1.807, 2.05) is 6.92 Å². The summed E-state index contributed by atoms with van der Waals surface area (Å²) in [7, 11) is 0. The van der Waals surface area contributed by atoms with Crippen molar-refractivity contribution in [1.29, 1.82) is 0 Å². The van der Waals surface area contributed by atoms with Gasteiger partial charge in [-0.2, -0.15) is 10.1 Å². The van der Waals surface area contributed by atoms with E-state index >= 15 is 0 Å². The van der Waals surface area contributed by atoms with Gasteiger partial charge in [0.05, 0.1) is 6.61 Å². The van der Waals surface area contributed by atoms with Crippen molar-refractivity contribution in [3.05, 3.63) is 48.4 Å². The molecule has 0 aliphatic carbocycles. The molecule has 1 N–H and O–H groups in total. The van der Waals surface area contributed by atoms with Crippen molar-refractivity contribution < 1.29 is 28.3 Å². The van der Waals surface area contributed by atoms with Crippen LogP contribution in [0, 0.1) is 0 Å². The Hall–Kier alpha value is -4.41. The van der Waals surface area contributed by atoms with E-state index in [9.17, 15) is 9.59 Å². The SMILES string of the molecule is CCOc1ccc(NC(=O)CN2N=C(c3nc(-c4ccc5c(c4)OCO5)no3)CCC2=O)cc1. The fourth-order valence-electron chi connectivity index (χ4n) is 3.51. The van der Waals surface area contributed by atoms with E-state index < -0.39 is 0 Å². The van der Waals surface area contributed by atoms with Crippen LogP contribution in [0.25, 0.3) is 11.4 Å². The molecule has 0 spiro atoms. The zero-order valence-corrected chi connectivity index (χ0v) is 18.3. The average Bonchev–Trinajstić information content (AvgIpc) is 3.51. The molecule has 0 saturated carbocycles. The molecule has 3 aromatic rings. The Morgan fingerprint density at radius 3 is 2.76 bits per heavy atom. The lowest BCUT2D eigenvalue weighted by Gasteiger charge is -2.21. The summed E-state index contributed by atoms with van der Waals surface area (Å²) < 4.78 is 21.5. The number of anilines is 1. The van der Waals surface area contributed by atoms with Gasteiger partial charge in [-0.15, -0.1) is 0 Å². The summed E-state index contributed by atoms with van der Waals surface area (Å²) in [4.78, 5) is 29.2. The van der Waals surface area contributed by atoms with Crippen LogP contribution in [-0.2, 0) is 9.59 Å². The normalized spacial score (nSPS) is 14.7. The summed E-state index contributed by atoms with van der Waals surface area (Å²) in [6.45, 7) is 2.38. The number of benzene rings is 2. The van der Waals surface area contributed by atoms with E-state index in [4.69, 9.17) is 18.7 Å². The summed E-state index contributed by atoms with van der Waals surface area (Å²) in [5.74, 6) is 1.87. The highest BCUT2D eigenvalue weighted by Gasteiger charge is 2.27. The second kappa shape index (κ2) is 9.22. The Bertz CT molecular complexity index is 1250. The van der Waals surface area contributed by atoms with E-state index in [1.54, 1.807) is 42.5 Å². The number of hydrazone groups is 1. The number of nitrogens with zero attached hydrogens (tertiary/aromatic N) is 4. The lowest BCUT2D eigenvalue weighted by Crippen LogP contribution is -2.38. The van der Waals surface area contributed by atoms with Crippen molar-refractivity contribution in [3.8, 4) is 28.6 Å². The van der Waals surface area contributed by atoms with Crippen molar-refractivity contribution in [2.75, 3.05) is 25.3 Å². The first-order valence-corrected chi connectivity index (χ1v) is 10.7. The zero-order chi connectivity index (χ0) is 23.5. The van der Waals surface area contributed by atoms with Gasteiger partial charge >= 0.3 is 0 Å². The molecule has 0 saturated heterocycles. The van der Waals surface area contributed by atoms with Gasteiger partial charge in [0.25, 0.3) is 5.89 Å². The standard InChI is InChI=1S/C23H21N5O6/c1-2-31-16-6-4-15(5-7-16)24-20(29)12-28-21(30)10-8-17(26-28)23-25-22(27-34-23)14-3-9-18-19(11-14)33-13-32-18/h3-7,9,11H,2,8,10,12-13H2,1H3,(H,24,29). The Balaban J connectivity index is 1.27. The van der Waals surface area contributed by atoms with E-state index in [0.29, 0.717) is 53.1 Å². The quantitative estimate of drug-likeness (QED) is 0.566. The Morgan fingerprint density at radius 1 is 1.12 bits per heavy atom. The monoisotopic (exact) mass is 463 g/mol. The topological polar surface area (TPSA) is 128 Å². The number of nitrogens with one attached hydrogen (secondary N) is 1. The number of carbonyl (C=O) groups excluding carboxylic acids is 2. The molecule has 2 aromatic carbocycles. The van der Waals surface area contributed by atoms with Gasteiger partial charge in [0.1, 0.15) is 18.0 Å². The molecule has 0 unspecified atom stereocenters. The van der Waals surface area contributed by atoms with Gasteiger partial charge < -0.3 is 24.1 Å². The van der Waals surface area contributed by atoms with Crippen LogP contribution in [0.1, 0.15) is 25.7 Å². The van der Waals surface area contributed by atoms with Crippen molar-refractivity contribution in [1.82, 2.24) is 15.1 Å². The summed E-state index contributed by atoms with van der Waals surface area (Å²) in [5.41, 5.74) is 1.72. The number of fused-ring (bicyclic) bond motifs is 1. The summed E-state index contributed by atoms with van der Waals surface area (Å²) in [5, 5.41) is 12.2. The maximum absolute atomic E-state index is 12.5. The predicted molar refractivity (Wildman–Crippen MR) is 120 cm³/mol. The van der Waals surface area contributed by atoms with Gasteiger partial charge in [-0.05, 0) is 49.4 Å². The third-order valence-corrected chi connectivity index (χ3v) is 5.15. The third-order valence-electron chi connectivity index (χ3n) is 5.15. The summed E-state index contributed by atoms with van der Waals surface area (Å²) in [6.07, 6.45) is 0.509. The predicted octanol–water partition coefficient (Wildman–Crippen LogP) is 2.83. The molecular formula is C23H21N5O6. The molecule has 11 heteroatoms. The highest BCUT2D eigenvalue weighted by molar-refractivity contribution is 6.02. The van der Waals surface area contributed by atoms with Crippen LogP contribution in [0.2, 0.25) is 0 Å². The number of carbonyl (C=O) groups is 2. The lowest BCUT2D eigenvalue weighted by molar-refractivity contribution is -0.135. The molecule has 0 fully saturated rings. The molecule has 1 aromatic heterocycles. The van der Waals surface area contributed by atoms with Gasteiger partial charge in [-0.1, -0.05) is 5.16 Å². The molecule has 3 heterocycles. The van der Waals surface area contributed by atoms with E-state index in [-0.39, 0.29) is 37.5 Å². The Labute approximate surface area is 194 Å². The minimum atomic E-state index is -0.380. The van der Waals surface area contributed by atoms with Crippen molar-refractivity contribution >= 4 is 23.2 Å². The van der Waals surface area contributed by atoms with Crippen LogP contribution in [0.15, 0.2) is 52.1 Å². The van der Waals surface area contributed by atoms with Gasteiger partial charge in [0.15, 0.2) is 11.5 Å². The van der Waals surface area contributed by atoms with Gasteiger partial charge in [0, 0.05) is 24.1 Å². The van der Waals surface area contributed by atoms with Gasteiger partial charge in [-0.3, -0.25) is 9.59 Å². The summed E-state index contributed by atoms with van der Waals surface area (Å²) in [6, 6.07) is 12.3. The van der Waals surface area contributed by atoms with Gasteiger partial charge in [0.2, 0.25) is 24.4 Å². The zero-order valence-electron chi connectivity index (χ0n) is 18.3. The number of hydrogen-bond acceptors (Lipinski definition) is 9. The highest BCUT2D eigenvalue weighted by atomic mass is 16.7. The van der Waals surface area contributed by atoms with Crippen LogP contribution in [0.3, 0.4) is 0 Å². The molecule has 0 bridgehead atoms. The smallest absolute Gasteiger partial charge is 0.274 e. The minimum Gasteiger partial charge on any atom is -0.494 e. The molecule has 2 aliphatic heterocycles. The maximum atomic E-state index is 12.5. The van der Waals surface area contributed by atoms with Crippen LogP contribution in [-0.4, -0.2) is 52.6 Å². The maximum Gasteiger partial charge on any atom is 0.274 e. The van der Waals surface area contributed by atoms with Crippen LogP contribution >= 0.6 is 0 Å². The second-order valence-electron chi connectivity index (χ2n) is 7.49. The Morgan fingerprint density at radius 2 is 1.94 bits per heavy atom. The van der Waals surface area contributed by atoms with Crippen LogP contribution in [0.4, 0.5) is 5.69 Å². The van der Waals surface area contributed by atoms with Crippen molar-refractivity contribution in [3.63, 3.8) is 0 Å². The molecule has 5 rings (SSSR count). The van der Waals surface area contributed by atoms with Crippen molar-refractivity contribution in [2.24, 2.45) is 5.10 Å². The first-order chi connectivity index (χ1) is 16.6. The fourth-order valence-corrected chi connectivity index (χ4v) is 3.51. The number of ether oxygens (including phenoxy) is 3. The molecule has 0 atom stereocenters.